The third-order valence-corrected chi connectivity index (χ3v) is 1.42. The van der Waals surface area contributed by atoms with Crippen molar-refractivity contribution in [2.45, 2.75) is 0 Å². The fraction of sp³-hybridized carbons (Fsp3) is 0. The van der Waals surface area contributed by atoms with Crippen LogP contribution >= 0.6 is 0 Å². The summed E-state index contributed by atoms with van der Waals surface area (Å²) >= 11 is 0. The molecule has 0 bridgehead atoms. The highest BCUT2D eigenvalue weighted by Gasteiger charge is 2.05. The molecule has 13 heavy (non-hydrogen) atoms. The van der Waals surface area contributed by atoms with Crippen molar-refractivity contribution in [3.05, 3.63) is 41.4 Å². The lowest BCUT2D eigenvalue weighted by atomic mass is 10.2. The zero-order chi connectivity index (χ0) is 9.84. The minimum Gasteiger partial charge on any atom is -0.502 e. The number of aliphatic hydroxyl groups excluding tert-OH is 1. The first kappa shape index (κ1) is 9.25. The summed E-state index contributed by atoms with van der Waals surface area (Å²) in [5, 5.41) is 17.1. The molecule has 0 fully saturated rings. The van der Waals surface area contributed by atoms with Crippen LogP contribution in [0.5, 0.6) is 0 Å². The lowest BCUT2D eigenvalue weighted by Gasteiger charge is -1.95. The fourth-order valence-corrected chi connectivity index (χ4v) is 0.801. The number of halogens is 1. The van der Waals surface area contributed by atoms with E-state index in [9.17, 15) is 9.18 Å². The summed E-state index contributed by atoms with van der Waals surface area (Å²) in [5.74, 6) is -2.94. The van der Waals surface area contributed by atoms with E-state index in [0.717, 1.165) is 6.08 Å². The van der Waals surface area contributed by atoms with E-state index >= 15 is 0 Å². The number of hydrogen-bond donors (Lipinski definition) is 2. The summed E-state index contributed by atoms with van der Waals surface area (Å²) in [7, 11) is 0. The number of carbonyl (C=O) groups is 1. The Labute approximate surface area is 73.8 Å². The van der Waals surface area contributed by atoms with E-state index in [1.165, 1.54) is 18.2 Å². The predicted molar refractivity (Wildman–Crippen MR) is 44.6 cm³/mol. The average Bonchev–Trinajstić information content (AvgIpc) is 2.08. The molecule has 0 atom stereocenters. The number of hydrogen-bond acceptors (Lipinski definition) is 2. The second kappa shape index (κ2) is 3.71. The molecular formula is C9H7FO3. The molecule has 2 N–H and O–H groups in total. The minimum atomic E-state index is -1.48. The Balaban J connectivity index is 3.04. The highest BCUT2D eigenvalue weighted by molar-refractivity contribution is 5.89. The Kier molecular flexibility index (Phi) is 2.64. The van der Waals surface area contributed by atoms with Crippen molar-refractivity contribution in [1.82, 2.24) is 0 Å². The van der Waals surface area contributed by atoms with E-state index < -0.39 is 17.5 Å². The van der Waals surface area contributed by atoms with Crippen LogP contribution in [0.2, 0.25) is 0 Å². The maximum absolute atomic E-state index is 12.9. The first-order valence-corrected chi connectivity index (χ1v) is 3.50. The predicted octanol–water partition coefficient (Wildman–Crippen LogP) is 1.81. The maximum Gasteiger partial charge on any atom is 0.370 e. The van der Waals surface area contributed by atoms with Crippen LogP contribution < -0.4 is 0 Å². The van der Waals surface area contributed by atoms with E-state index in [2.05, 4.69) is 0 Å². The molecule has 4 heteroatoms. The Morgan fingerprint density at radius 1 is 1.31 bits per heavy atom. The number of carboxylic acids is 1. The molecule has 1 aromatic carbocycles. The molecule has 1 aromatic rings. The van der Waals surface area contributed by atoms with Gasteiger partial charge in [0.05, 0.1) is 0 Å². The number of aliphatic hydroxyl groups is 1. The van der Waals surface area contributed by atoms with Gasteiger partial charge in [0.2, 0.25) is 5.76 Å². The van der Waals surface area contributed by atoms with E-state index in [4.69, 9.17) is 10.2 Å². The molecule has 0 aliphatic rings. The van der Waals surface area contributed by atoms with Gasteiger partial charge in [0, 0.05) is 5.56 Å². The highest BCUT2D eigenvalue weighted by Crippen LogP contribution is 2.09. The summed E-state index contributed by atoms with van der Waals surface area (Å²) in [4.78, 5) is 10.2. The van der Waals surface area contributed by atoms with Gasteiger partial charge in [0.15, 0.2) is 0 Å². The molecule has 1 rings (SSSR count). The van der Waals surface area contributed by atoms with Gasteiger partial charge in [-0.05, 0) is 12.1 Å². The second-order valence-electron chi connectivity index (χ2n) is 2.36. The molecule has 0 radical (unpaired) electrons. The second-order valence-corrected chi connectivity index (χ2v) is 2.36. The lowest BCUT2D eigenvalue weighted by molar-refractivity contribution is -0.135. The zero-order valence-corrected chi connectivity index (χ0v) is 6.57. The molecule has 0 aliphatic heterocycles. The van der Waals surface area contributed by atoms with Gasteiger partial charge in [0.1, 0.15) is 5.82 Å². The number of aliphatic carboxylic acids is 1. The van der Waals surface area contributed by atoms with Crippen LogP contribution in [0.4, 0.5) is 4.39 Å². The summed E-state index contributed by atoms with van der Waals surface area (Å²) in [5.41, 5.74) is 0.0439. The number of carboxylic acid groups (broad SMARTS) is 1. The highest BCUT2D eigenvalue weighted by atomic mass is 19.1. The van der Waals surface area contributed by atoms with Crippen molar-refractivity contribution in [1.29, 1.82) is 0 Å². The van der Waals surface area contributed by atoms with Crippen molar-refractivity contribution in [3.8, 4) is 0 Å². The van der Waals surface area contributed by atoms with E-state index in [1.807, 2.05) is 0 Å². The Hall–Kier alpha value is -1.84. The molecule has 0 aliphatic carbocycles. The van der Waals surface area contributed by atoms with Gasteiger partial charge < -0.3 is 10.2 Å². The molecular weight excluding hydrogens is 175 g/mol. The number of rotatable bonds is 2. The monoisotopic (exact) mass is 182 g/mol. The topological polar surface area (TPSA) is 57.5 Å². The Bertz CT molecular complexity index is 358. The number of benzene rings is 1. The quantitative estimate of drug-likeness (QED) is 0.541. The molecule has 0 aromatic heterocycles. The first-order chi connectivity index (χ1) is 6.11. The van der Waals surface area contributed by atoms with E-state index in [0.29, 0.717) is 0 Å². The Morgan fingerprint density at radius 2 is 1.92 bits per heavy atom. The smallest absolute Gasteiger partial charge is 0.370 e. The third kappa shape index (κ3) is 2.30. The van der Waals surface area contributed by atoms with E-state index in [-0.39, 0.29) is 5.56 Å². The minimum absolute atomic E-state index is 0.0439. The molecule has 0 unspecified atom stereocenters. The summed E-state index contributed by atoms with van der Waals surface area (Å²) < 4.78 is 12.9. The van der Waals surface area contributed by atoms with Gasteiger partial charge >= 0.3 is 5.97 Å². The van der Waals surface area contributed by atoms with Gasteiger partial charge in [-0.25, -0.2) is 9.18 Å². The third-order valence-electron chi connectivity index (χ3n) is 1.42. The van der Waals surface area contributed by atoms with Crippen molar-refractivity contribution in [2.24, 2.45) is 0 Å². The van der Waals surface area contributed by atoms with E-state index in [1.54, 1.807) is 6.07 Å². The van der Waals surface area contributed by atoms with Crippen LogP contribution in [0.1, 0.15) is 5.56 Å². The molecule has 0 amide bonds. The van der Waals surface area contributed by atoms with Gasteiger partial charge in [-0.2, -0.15) is 0 Å². The lowest BCUT2D eigenvalue weighted by Crippen LogP contribution is -1.98. The molecule has 0 saturated carbocycles. The SMILES string of the molecule is O=C(O)C(O)=Cc1ccccc1F. The first-order valence-electron chi connectivity index (χ1n) is 3.50. The Morgan fingerprint density at radius 3 is 2.46 bits per heavy atom. The van der Waals surface area contributed by atoms with Crippen LogP contribution in [0.3, 0.4) is 0 Å². The summed E-state index contributed by atoms with van der Waals surface area (Å²) in [6.45, 7) is 0. The van der Waals surface area contributed by atoms with Crippen LogP contribution in [0.25, 0.3) is 6.08 Å². The van der Waals surface area contributed by atoms with Gasteiger partial charge in [-0.15, -0.1) is 0 Å². The standard InChI is InChI=1S/C9H7FO3/c10-7-4-2-1-3-6(7)5-8(11)9(12)13/h1-5,11H,(H,12,13). The average molecular weight is 182 g/mol. The largest absolute Gasteiger partial charge is 0.502 e. The molecule has 3 nitrogen and oxygen atoms in total. The van der Waals surface area contributed by atoms with Gasteiger partial charge in [-0.3, -0.25) is 0 Å². The summed E-state index contributed by atoms with van der Waals surface area (Å²) in [6, 6.07) is 5.57. The summed E-state index contributed by atoms with van der Waals surface area (Å²) in [6.07, 6.45) is 0.859. The molecule has 68 valence electrons. The zero-order valence-electron chi connectivity index (χ0n) is 6.57. The van der Waals surface area contributed by atoms with Crippen LogP contribution in [-0.2, 0) is 4.79 Å². The normalized spacial score (nSPS) is 11.3. The maximum atomic E-state index is 12.9. The van der Waals surface area contributed by atoms with Crippen molar-refractivity contribution in [2.75, 3.05) is 0 Å². The van der Waals surface area contributed by atoms with Crippen LogP contribution in [0.15, 0.2) is 30.0 Å². The van der Waals surface area contributed by atoms with Crippen molar-refractivity contribution >= 4 is 12.0 Å². The molecule has 0 saturated heterocycles. The molecule has 0 spiro atoms. The van der Waals surface area contributed by atoms with Crippen LogP contribution in [0, 0.1) is 5.82 Å². The van der Waals surface area contributed by atoms with Crippen molar-refractivity contribution < 1.29 is 19.4 Å². The van der Waals surface area contributed by atoms with Gasteiger partial charge in [-0.1, -0.05) is 18.2 Å². The fourth-order valence-electron chi connectivity index (χ4n) is 0.801. The van der Waals surface area contributed by atoms with Crippen LogP contribution in [-0.4, -0.2) is 16.2 Å². The molecule has 0 heterocycles. The van der Waals surface area contributed by atoms with Gasteiger partial charge in [0.25, 0.3) is 0 Å². The van der Waals surface area contributed by atoms with Crippen molar-refractivity contribution in [3.63, 3.8) is 0 Å².